The second kappa shape index (κ2) is 13.8. The molecule has 1 atom stereocenters. The smallest absolute Gasteiger partial charge is 0.870 e. The van der Waals surface area contributed by atoms with Crippen molar-refractivity contribution >= 4 is 19.1 Å². The fourth-order valence-electron chi connectivity index (χ4n) is 2.08. The van der Waals surface area contributed by atoms with Crippen LogP contribution in [0, 0.1) is 0 Å². The van der Waals surface area contributed by atoms with Gasteiger partial charge >= 0.3 is 59.6 Å². The normalized spacial score (nSPS) is 9.80. The van der Waals surface area contributed by atoms with Crippen LogP contribution in [0.1, 0.15) is 0 Å². The number of hydrogen-bond donors (Lipinski definition) is 1. The van der Waals surface area contributed by atoms with Gasteiger partial charge in [0.15, 0.2) is 14.7 Å². The molecular formula is C18H17KO4PS+. The molecule has 0 fully saturated rings. The topological polar surface area (TPSA) is 90.4 Å². The van der Waals surface area contributed by atoms with Gasteiger partial charge in [-0.3, -0.25) is 0 Å². The molecule has 0 aromatic heterocycles. The van der Waals surface area contributed by atoms with E-state index in [4.69, 9.17) is 14.4 Å². The van der Waals surface area contributed by atoms with E-state index in [1.807, 2.05) is 0 Å². The van der Waals surface area contributed by atoms with Crippen molar-refractivity contribution < 1.29 is 71.2 Å². The van der Waals surface area contributed by atoms with Crippen molar-refractivity contribution in [2.75, 3.05) is 0 Å². The zero-order chi connectivity index (χ0) is 16.5. The molecule has 0 aliphatic rings. The van der Waals surface area contributed by atoms with Gasteiger partial charge in [0.25, 0.3) is 0 Å². The molecule has 0 aliphatic heterocycles. The Morgan fingerprint density at radius 1 is 0.680 bits per heavy atom. The van der Waals surface area contributed by atoms with Gasteiger partial charge < -0.3 is 10.4 Å². The first-order valence-corrected chi connectivity index (χ1v) is 9.26. The van der Waals surface area contributed by atoms with Crippen molar-refractivity contribution in [2.45, 2.75) is 14.7 Å². The molecular weight excluding hydrogens is 382 g/mol. The Hall–Kier alpha value is -0.374. The summed E-state index contributed by atoms with van der Waals surface area (Å²) in [5.74, 6) is 0. The standard InChI is InChI=1S/C18H15S.K.HO3P.H2O/c1-4-10-16(11-5-1)19(17-12-6-2-7-13-17)18-14-8-3-9-15-18;;1-4(2)3;/h1-15H;;(H,1,2,3);1H2/q2*+1;;/p-1. The van der Waals surface area contributed by atoms with Crippen LogP contribution >= 0.6 is 8.25 Å². The molecule has 0 aliphatic carbocycles. The third kappa shape index (κ3) is 8.71. The van der Waals surface area contributed by atoms with Crippen molar-refractivity contribution in [3.8, 4) is 0 Å². The van der Waals surface area contributed by atoms with Crippen molar-refractivity contribution in [1.29, 1.82) is 0 Å². The molecule has 4 nitrogen and oxygen atoms in total. The van der Waals surface area contributed by atoms with E-state index in [1.165, 1.54) is 14.7 Å². The quantitative estimate of drug-likeness (QED) is 0.397. The first-order valence-electron chi connectivity index (χ1n) is 6.91. The summed E-state index contributed by atoms with van der Waals surface area (Å²) in [6.45, 7) is 0. The SMILES string of the molecule is O=[P+]([O-])O.[K+].[OH-].c1ccc([S+](c2ccccc2)c2ccccc2)cc1. The summed E-state index contributed by atoms with van der Waals surface area (Å²) in [7, 11) is -3.14. The summed E-state index contributed by atoms with van der Waals surface area (Å²) >= 11 is 0. The van der Waals surface area contributed by atoms with Crippen LogP contribution < -0.4 is 56.3 Å². The molecule has 0 bridgehead atoms. The van der Waals surface area contributed by atoms with Crippen molar-refractivity contribution in [3.63, 3.8) is 0 Å². The molecule has 0 heterocycles. The molecule has 0 amide bonds. The van der Waals surface area contributed by atoms with Crippen LogP contribution in [0.15, 0.2) is 106 Å². The Balaban J connectivity index is 0.000000874. The van der Waals surface area contributed by atoms with E-state index in [1.54, 1.807) is 0 Å². The first-order chi connectivity index (χ1) is 11.2. The van der Waals surface area contributed by atoms with E-state index in [9.17, 15) is 0 Å². The fraction of sp³-hybridized carbons (Fsp3) is 0. The maximum absolute atomic E-state index is 8.59. The van der Waals surface area contributed by atoms with Gasteiger partial charge in [0, 0.05) is 0 Å². The van der Waals surface area contributed by atoms with Crippen LogP contribution in [0.3, 0.4) is 0 Å². The van der Waals surface area contributed by atoms with Gasteiger partial charge in [-0.15, -0.1) is 0 Å². The second-order valence-corrected chi connectivity index (χ2v) is 6.99. The molecule has 0 radical (unpaired) electrons. The summed E-state index contributed by atoms with van der Waals surface area (Å²) in [5, 5.41) is 0. The molecule has 0 saturated carbocycles. The first kappa shape index (κ1) is 24.6. The Labute approximate surface area is 194 Å². The largest absolute Gasteiger partial charge is 1.00 e. The molecule has 2 N–H and O–H groups in total. The fourth-order valence-corrected chi connectivity index (χ4v) is 4.18. The average Bonchev–Trinajstić information content (AvgIpc) is 2.58. The van der Waals surface area contributed by atoms with E-state index in [0.29, 0.717) is 0 Å². The molecule has 124 valence electrons. The third-order valence-electron chi connectivity index (χ3n) is 2.94. The van der Waals surface area contributed by atoms with Gasteiger partial charge in [0.2, 0.25) is 0 Å². The molecule has 3 aromatic rings. The molecule has 0 saturated heterocycles. The number of benzene rings is 3. The van der Waals surface area contributed by atoms with Crippen molar-refractivity contribution in [2.24, 2.45) is 0 Å². The van der Waals surface area contributed by atoms with Gasteiger partial charge in [0.05, 0.1) is 10.9 Å². The van der Waals surface area contributed by atoms with Crippen molar-refractivity contribution in [1.82, 2.24) is 0 Å². The minimum absolute atomic E-state index is 0. The van der Waals surface area contributed by atoms with Crippen LogP contribution in [-0.4, -0.2) is 10.4 Å². The minimum Gasteiger partial charge on any atom is -0.870 e. The Morgan fingerprint density at radius 2 is 0.880 bits per heavy atom. The van der Waals surface area contributed by atoms with E-state index in [-0.39, 0.29) is 67.8 Å². The molecule has 0 spiro atoms. The summed E-state index contributed by atoms with van der Waals surface area (Å²) in [6.07, 6.45) is 0. The number of rotatable bonds is 3. The van der Waals surface area contributed by atoms with Crippen LogP contribution in [-0.2, 0) is 15.5 Å². The predicted molar refractivity (Wildman–Crippen MR) is 93.3 cm³/mol. The summed E-state index contributed by atoms with van der Waals surface area (Å²) in [5.41, 5.74) is 0. The van der Waals surface area contributed by atoms with E-state index < -0.39 is 8.25 Å². The van der Waals surface area contributed by atoms with Crippen LogP contribution in [0.5, 0.6) is 0 Å². The third-order valence-corrected chi connectivity index (χ3v) is 5.17. The zero-order valence-electron chi connectivity index (χ0n) is 13.7. The van der Waals surface area contributed by atoms with E-state index in [0.717, 1.165) is 0 Å². The summed E-state index contributed by atoms with van der Waals surface area (Å²) < 4.78 is 8.59. The van der Waals surface area contributed by atoms with Gasteiger partial charge in [-0.25, -0.2) is 0 Å². The minimum atomic E-state index is -3.12. The second-order valence-electron chi connectivity index (χ2n) is 4.48. The maximum Gasteiger partial charge on any atom is 1.00 e. The molecule has 3 rings (SSSR count). The van der Waals surface area contributed by atoms with Gasteiger partial charge in [-0.05, 0) is 41.0 Å². The zero-order valence-corrected chi connectivity index (χ0v) is 18.6. The Morgan fingerprint density at radius 3 is 1.08 bits per heavy atom. The van der Waals surface area contributed by atoms with Crippen LogP contribution in [0.2, 0.25) is 0 Å². The summed E-state index contributed by atoms with van der Waals surface area (Å²) in [4.78, 5) is 19.7. The molecule has 7 heteroatoms. The van der Waals surface area contributed by atoms with Crippen LogP contribution in [0.4, 0.5) is 0 Å². The Kier molecular flexibility index (Phi) is 13.6. The average molecular weight is 399 g/mol. The van der Waals surface area contributed by atoms with E-state index >= 15 is 0 Å². The van der Waals surface area contributed by atoms with Gasteiger partial charge in [-0.2, -0.15) is 4.89 Å². The van der Waals surface area contributed by atoms with Crippen molar-refractivity contribution in [3.05, 3.63) is 91.0 Å². The molecule has 3 aromatic carbocycles. The Bertz CT molecular complexity index is 632. The predicted octanol–water partition coefficient (Wildman–Crippen LogP) is 0.606. The summed E-state index contributed by atoms with van der Waals surface area (Å²) in [6, 6.07) is 32.2. The van der Waals surface area contributed by atoms with Crippen LogP contribution in [0.25, 0.3) is 0 Å². The molecule has 25 heavy (non-hydrogen) atoms. The maximum atomic E-state index is 8.59. The number of hydrogen-bond acceptors (Lipinski definition) is 3. The van der Waals surface area contributed by atoms with E-state index in [2.05, 4.69) is 91.0 Å². The molecule has 1 unspecified atom stereocenters. The van der Waals surface area contributed by atoms with Gasteiger partial charge in [-0.1, -0.05) is 54.6 Å². The monoisotopic (exact) mass is 399 g/mol. The van der Waals surface area contributed by atoms with Gasteiger partial charge in [0.1, 0.15) is 0 Å².